The SMILES string of the molecule is COc1ccc(C(CC(=O)O)CC(O)CCCCc2ccc3c(n2)NCCC3)cn1. The number of anilines is 1. The van der Waals surface area contributed by atoms with E-state index in [0.29, 0.717) is 18.7 Å². The molecule has 7 heteroatoms. The molecule has 3 rings (SSSR count). The Bertz CT molecular complexity index is 826. The third-order valence-corrected chi connectivity index (χ3v) is 5.59. The van der Waals surface area contributed by atoms with Gasteiger partial charge in [0.15, 0.2) is 0 Å². The highest BCUT2D eigenvalue weighted by Gasteiger charge is 2.20. The molecule has 0 radical (unpaired) electrons. The van der Waals surface area contributed by atoms with Crippen LogP contribution in [0.4, 0.5) is 5.82 Å². The van der Waals surface area contributed by atoms with E-state index >= 15 is 0 Å². The van der Waals surface area contributed by atoms with Gasteiger partial charge in [0.1, 0.15) is 5.82 Å². The number of nitrogens with zero attached hydrogens (tertiary/aromatic N) is 2. The smallest absolute Gasteiger partial charge is 0.303 e. The average Bonchev–Trinajstić information content (AvgIpc) is 2.76. The van der Waals surface area contributed by atoms with Gasteiger partial charge in [-0.05, 0) is 61.6 Å². The second-order valence-corrected chi connectivity index (χ2v) is 7.90. The van der Waals surface area contributed by atoms with E-state index in [4.69, 9.17) is 9.72 Å². The zero-order chi connectivity index (χ0) is 21.3. The van der Waals surface area contributed by atoms with Crippen LogP contribution in [0, 0.1) is 0 Å². The molecule has 1 aliphatic heterocycles. The molecule has 0 aliphatic carbocycles. The normalized spacial score (nSPS) is 15.0. The van der Waals surface area contributed by atoms with E-state index in [1.54, 1.807) is 12.3 Å². The van der Waals surface area contributed by atoms with Gasteiger partial charge in [0.25, 0.3) is 0 Å². The fourth-order valence-electron chi connectivity index (χ4n) is 3.94. The van der Waals surface area contributed by atoms with Crippen LogP contribution in [0.3, 0.4) is 0 Å². The first kappa shape index (κ1) is 22.0. The molecule has 0 fully saturated rings. The Morgan fingerprint density at radius 2 is 2.13 bits per heavy atom. The van der Waals surface area contributed by atoms with Crippen molar-refractivity contribution in [2.45, 2.75) is 63.4 Å². The number of aliphatic hydroxyl groups excluding tert-OH is 1. The van der Waals surface area contributed by atoms with Crippen molar-refractivity contribution in [2.75, 3.05) is 19.0 Å². The molecule has 2 atom stereocenters. The second-order valence-electron chi connectivity index (χ2n) is 7.90. The van der Waals surface area contributed by atoms with E-state index in [-0.39, 0.29) is 12.3 Å². The lowest BCUT2D eigenvalue weighted by atomic mass is 9.89. The lowest BCUT2D eigenvalue weighted by Gasteiger charge is -2.19. The summed E-state index contributed by atoms with van der Waals surface area (Å²) in [5.74, 6) is 0.349. The molecule has 30 heavy (non-hydrogen) atoms. The van der Waals surface area contributed by atoms with Crippen molar-refractivity contribution in [1.29, 1.82) is 0 Å². The summed E-state index contributed by atoms with van der Waals surface area (Å²) in [6, 6.07) is 7.80. The molecule has 0 saturated carbocycles. The minimum Gasteiger partial charge on any atom is -0.481 e. The first-order chi connectivity index (χ1) is 14.5. The predicted molar refractivity (Wildman–Crippen MR) is 115 cm³/mol. The molecule has 7 nitrogen and oxygen atoms in total. The molecule has 2 unspecified atom stereocenters. The largest absolute Gasteiger partial charge is 0.481 e. The topological polar surface area (TPSA) is 105 Å². The number of carboxylic acid groups (broad SMARTS) is 1. The Labute approximate surface area is 177 Å². The molecule has 0 amide bonds. The Hall–Kier alpha value is -2.67. The van der Waals surface area contributed by atoms with Crippen LogP contribution in [0.1, 0.15) is 61.3 Å². The zero-order valence-corrected chi connectivity index (χ0v) is 17.5. The molecule has 1 aliphatic rings. The summed E-state index contributed by atoms with van der Waals surface area (Å²) in [6.45, 7) is 0.983. The number of hydrogen-bond acceptors (Lipinski definition) is 6. The number of carboxylic acids is 1. The molecular weight excluding hydrogens is 382 g/mol. The van der Waals surface area contributed by atoms with E-state index < -0.39 is 12.1 Å². The van der Waals surface area contributed by atoms with Crippen molar-refractivity contribution in [3.8, 4) is 5.88 Å². The number of rotatable bonds is 11. The number of methoxy groups -OCH3 is 1. The van der Waals surface area contributed by atoms with E-state index in [9.17, 15) is 15.0 Å². The third kappa shape index (κ3) is 6.42. The fourth-order valence-corrected chi connectivity index (χ4v) is 3.94. The van der Waals surface area contributed by atoms with Crippen molar-refractivity contribution in [3.63, 3.8) is 0 Å². The zero-order valence-electron chi connectivity index (χ0n) is 17.5. The average molecular weight is 414 g/mol. The van der Waals surface area contributed by atoms with Crippen LogP contribution in [0.5, 0.6) is 5.88 Å². The summed E-state index contributed by atoms with van der Waals surface area (Å²) in [5.41, 5.74) is 3.17. The van der Waals surface area contributed by atoms with Gasteiger partial charge in [-0.2, -0.15) is 0 Å². The number of ether oxygens (including phenoxy) is 1. The quantitative estimate of drug-likeness (QED) is 0.484. The number of carbonyl (C=O) groups is 1. The number of aromatic nitrogens is 2. The van der Waals surface area contributed by atoms with Crippen LogP contribution in [-0.2, 0) is 17.6 Å². The van der Waals surface area contributed by atoms with Gasteiger partial charge in [-0.15, -0.1) is 0 Å². The molecule has 0 bridgehead atoms. The molecule has 0 aromatic carbocycles. The Morgan fingerprint density at radius 3 is 2.87 bits per heavy atom. The minimum atomic E-state index is -0.880. The predicted octanol–water partition coefficient (Wildman–Crippen LogP) is 3.57. The summed E-state index contributed by atoms with van der Waals surface area (Å²) in [7, 11) is 1.54. The molecular formula is C23H31N3O4. The number of aryl methyl sites for hydroxylation is 2. The van der Waals surface area contributed by atoms with Gasteiger partial charge < -0.3 is 20.3 Å². The number of hydrogen-bond donors (Lipinski definition) is 3. The highest BCUT2D eigenvalue weighted by molar-refractivity contribution is 5.68. The molecule has 2 aromatic heterocycles. The molecule has 162 valence electrons. The molecule has 2 aromatic rings. The first-order valence-corrected chi connectivity index (χ1v) is 10.7. The lowest BCUT2D eigenvalue weighted by molar-refractivity contribution is -0.137. The van der Waals surface area contributed by atoms with Crippen LogP contribution < -0.4 is 10.1 Å². The number of fused-ring (bicyclic) bond motifs is 1. The Morgan fingerprint density at radius 1 is 1.27 bits per heavy atom. The fraction of sp³-hybridized carbons (Fsp3) is 0.522. The summed E-state index contributed by atoms with van der Waals surface area (Å²) < 4.78 is 5.06. The van der Waals surface area contributed by atoms with Gasteiger partial charge in [0.05, 0.1) is 19.6 Å². The van der Waals surface area contributed by atoms with E-state index in [2.05, 4.69) is 22.4 Å². The Balaban J connectivity index is 1.46. The van der Waals surface area contributed by atoms with Gasteiger partial charge in [-0.1, -0.05) is 18.6 Å². The van der Waals surface area contributed by atoms with E-state index in [1.165, 1.54) is 12.7 Å². The lowest BCUT2D eigenvalue weighted by Crippen LogP contribution is -2.16. The number of pyridine rings is 2. The third-order valence-electron chi connectivity index (χ3n) is 5.59. The van der Waals surface area contributed by atoms with Crippen molar-refractivity contribution in [3.05, 3.63) is 47.3 Å². The second kappa shape index (κ2) is 10.9. The van der Waals surface area contributed by atoms with E-state index in [0.717, 1.165) is 55.7 Å². The Kier molecular flexibility index (Phi) is 8.02. The minimum absolute atomic E-state index is 0.0306. The number of nitrogens with one attached hydrogen (secondary N) is 1. The van der Waals surface area contributed by atoms with Gasteiger partial charge in [-0.25, -0.2) is 9.97 Å². The highest BCUT2D eigenvalue weighted by atomic mass is 16.5. The first-order valence-electron chi connectivity index (χ1n) is 10.7. The van der Waals surface area contributed by atoms with Crippen LogP contribution in [0.25, 0.3) is 0 Å². The summed E-state index contributed by atoms with van der Waals surface area (Å²) >= 11 is 0. The van der Waals surface area contributed by atoms with Crippen LogP contribution in [-0.4, -0.2) is 45.9 Å². The molecule has 3 heterocycles. The van der Waals surface area contributed by atoms with Crippen LogP contribution in [0.15, 0.2) is 30.5 Å². The molecule has 0 spiro atoms. The molecule has 0 saturated heterocycles. The monoisotopic (exact) mass is 413 g/mol. The van der Waals surface area contributed by atoms with Gasteiger partial charge >= 0.3 is 5.97 Å². The molecule has 3 N–H and O–H groups in total. The van der Waals surface area contributed by atoms with Crippen molar-refractivity contribution < 1.29 is 19.7 Å². The standard InChI is InChI=1S/C23H31N3O4/c1-30-21-11-9-17(15-25-21)18(14-22(28)29)13-20(27)7-3-2-6-19-10-8-16-5-4-12-24-23(16)26-19/h8-11,15,18,20,27H,2-7,12-14H2,1H3,(H,24,26)(H,28,29). The summed E-state index contributed by atoms with van der Waals surface area (Å²) in [5, 5.41) is 23.1. The van der Waals surface area contributed by atoms with Crippen molar-refractivity contribution >= 4 is 11.8 Å². The van der Waals surface area contributed by atoms with E-state index in [1.807, 2.05) is 6.07 Å². The van der Waals surface area contributed by atoms with Gasteiger partial charge in [0.2, 0.25) is 5.88 Å². The summed E-state index contributed by atoms with van der Waals surface area (Å²) in [6.07, 6.45) is 7.03. The number of unbranched alkanes of at least 4 members (excludes halogenated alkanes) is 1. The van der Waals surface area contributed by atoms with Crippen LogP contribution >= 0.6 is 0 Å². The maximum absolute atomic E-state index is 11.3. The van der Waals surface area contributed by atoms with Crippen LogP contribution in [0.2, 0.25) is 0 Å². The highest BCUT2D eigenvalue weighted by Crippen LogP contribution is 2.27. The number of aliphatic carboxylic acids is 1. The maximum atomic E-state index is 11.3. The van der Waals surface area contributed by atoms with Gasteiger partial charge in [-0.3, -0.25) is 4.79 Å². The summed E-state index contributed by atoms with van der Waals surface area (Å²) in [4.78, 5) is 20.1. The van der Waals surface area contributed by atoms with Crippen molar-refractivity contribution in [1.82, 2.24) is 9.97 Å². The number of aliphatic hydroxyl groups is 1. The van der Waals surface area contributed by atoms with Crippen molar-refractivity contribution in [2.24, 2.45) is 0 Å². The van der Waals surface area contributed by atoms with Gasteiger partial charge in [0, 0.05) is 24.5 Å². The maximum Gasteiger partial charge on any atom is 0.303 e.